The van der Waals surface area contributed by atoms with Gasteiger partial charge in [-0.15, -0.1) is 0 Å². The molecule has 0 aliphatic carbocycles. The molecule has 0 fully saturated rings. The standard InChI is InChI=1S/C15H16BrN3O/c1-10-11(4-14(8-17)19(10)2)9-18-13-5-12(16)6-15(7-13)20-3/h4-7,18H,9H2,1-3H3. The van der Waals surface area contributed by atoms with E-state index in [4.69, 9.17) is 10.00 Å². The summed E-state index contributed by atoms with van der Waals surface area (Å²) in [4.78, 5) is 0. The van der Waals surface area contributed by atoms with Gasteiger partial charge in [0.05, 0.1) is 7.11 Å². The number of hydrogen-bond acceptors (Lipinski definition) is 3. The number of nitriles is 1. The van der Waals surface area contributed by atoms with E-state index in [1.165, 1.54) is 0 Å². The molecular weight excluding hydrogens is 318 g/mol. The van der Waals surface area contributed by atoms with Gasteiger partial charge in [-0.05, 0) is 30.7 Å². The Kier molecular flexibility index (Phi) is 4.35. The first-order valence-corrected chi connectivity index (χ1v) is 6.98. The fraction of sp³-hybridized carbons (Fsp3) is 0.267. The summed E-state index contributed by atoms with van der Waals surface area (Å²) in [5.41, 5.74) is 3.85. The zero-order chi connectivity index (χ0) is 14.7. The smallest absolute Gasteiger partial charge is 0.122 e. The van der Waals surface area contributed by atoms with Crippen LogP contribution in [0.3, 0.4) is 0 Å². The number of anilines is 1. The number of nitrogens with zero attached hydrogens (tertiary/aromatic N) is 2. The van der Waals surface area contributed by atoms with Gasteiger partial charge in [0.25, 0.3) is 0 Å². The van der Waals surface area contributed by atoms with E-state index in [2.05, 4.69) is 27.3 Å². The van der Waals surface area contributed by atoms with Crippen LogP contribution in [-0.4, -0.2) is 11.7 Å². The van der Waals surface area contributed by atoms with Crippen molar-refractivity contribution in [3.8, 4) is 11.8 Å². The molecule has 0 radical (unpaired) electrons. The lowest BCUT2D eigenvalue weighted by Crippen LogP contribution is -2.01. The van der Waals surface area contributed by atoms with E-state index in [1.54, 1.807) is 7.11 Å². The zero-order valence-corrected chi connectivity index (χ0v) is 13.3. The lowest BCUT2D eigenvalue weighted by molar-refractivity contribution is 0.414. The molecule has 1 N–H and O–H groups in total. The third-order valence-electron chi connectivity index (χ3n) is 3.34. The number of benzene rings is 1. The fourth-order valence-corrected chi connectivity index (χ4v) is 2.50. The highest BCUT2D eigenvalue weighted by molar-refractivity contribution is 9.10. The van der Waals surface area contributed by atoms with Gasteiger partial charge in [0.15, 0.2) is 0 Å². The van der Waals surface area contributed by atoms with E-state index in [9.17, 15) is 0 Å². The number of nitrogens with one attached hydrogen (secondary N) is 1. The molecule has 20 heavy (non-hydrogen) atoms. The van der Waals surface area contributed by atoms with Crippen molar-refractivity contribution in [2.75, 3.05) is 12.4 Å². The average Bonchev–Trinajstić information content (AvgIpc) is 2.72. The van der Waals surface area contributed by atoms with Crippen molar-refractivity contribution < 1.29 is 4.74 Å². The Balaban J connectivity index is 2.17. The van der Waals surface area contributed by atoms with Crippen LogP contribution >= 0.6 is 15.9 Å². The van der Waals surface area contributed by atoms with Crippen molar-refractivity contribution in [2.24, 2.45) is 7.05 Å². The highest BCUT2D eigenvalue weighted by Crippen LogP contribution is 2.25. The summed E-state index contributed by atoms with van der Waals surface area (Å²) < 4.78 is 8.10. The minimum Gasteiger partial charge on any atom is -0.497 e. The van der Waals surface area contributed by atoms with Crippen LogP contribution in [-0.2, 0) is 13.6 Å². The van der Waals surface area contributed by atoms with Gasteiger partial charge >= 0.3 is 0 Å². The first kappa shape index (κ1) is 14.5. The molecule has 2 rings (SSSR count). The summed E-state index contributed by atoms with van der Waals surface area (Å²) in [5.74, 6) is 0.796. The summed E-state index contributed by atoms with van der Waals surface area (Å²) in [6.07, 6.45) is 0. The third kappa shape index (κ3) is 2.97. The van der Waals surface area contributed by atoms with Crippen LogP contribution in [0.4, 0.5) is 5.69 Å². The van der Waals surface area contributed by atoms with Gasteiger partial charge < -0.3 is 14.6 Å². The van der Waals surface area contributed by atoms with Crippen molar-refractivity contribution in [1.29, 1.82) is 5.26 Å². The molecule has 0 amide bonds. The predicted molar refractivity (Wildman–Crippen MR) is 82.9 cm³/mol. The lowest BCUT2D eigenvalue weighted by atomic mass is 10.2. The molecule has 0 bridgehead atoms. The first-order valence-electron chi connectivity index (χ1n) is 6.19. The molecule has 0 aliphatic heterocycles. The zero-order valence-electron chi connectivity index (χ0n) is 11.7. The van der Waals surface area contributed by atoms with Gasteiger partial charge in [0.2, 0.25) is 0 Å². The van der Waals surface area contributed by atoms with E-state index >= 15 is 0 Å². The van der Waals surface area contributed by atoms with Gasteiger partial charge in [-0.2, -0.15) is 5.26 Å². The number of halogens is 1. The van der Waals surface area contributed by atoms with Crippen LogP contribution in [0, 0.1) is 18.3 Å². The molecule has 0 aliphatic rings. The van der Waals surface area contributed by atoms with E-state index in [0.717, 1.165) is 27.2 Å². The van der Waals surface area contributed by atoms with E-state index < -0.39 is 0 Å². The van der Waals surface area contributed by atoms with Crippen molar-refractivity contribution >= 4 is 21.6 Å². The molecule has 0 atom stereocenters. The van der Waals surface area contributed by atoms with Crippen molar-refractivity contribution in [1.82, 2.24) is 4.57 Å². The Morgan fingerprint density at radius 3 is 2.70 bits per heavy atom. The molecule has 5 heteroatoms. The average molecular weight is 334 g/mol. The fourth-order valence-electron chi connectivity index (χ4n) is 2.03. The Morgan fingerprint density at radius 2 is 2.10 bits per heavy atom. The summed E-state index contributed by atoms with van der Waals surface area (Å²) >= 11 is 3.45. The molecule has 1 heterocycles. The van der Waals surface area contributed by atoms with E-state index in [0.29, 0.717) is 12.2 Å². The molecule has 0 unspecified atom stereocenters. The van der Waals surface area contributed by atoms with Gasteiger partial charge in [-0.25, -0.2) is 0 Å². The molecule has 104 valence electrons. The second kappa shape index (κ2) is 6.02. The number of rotatable bonds is 4. The summed E-state index contributed by atoms with van der Waals surface area (Å²) in [7, 11) is 3.55. The molecule has 4 nitrogen and oxygen atoms in total. The van der Waals surface area contributed by atoms with Crippen LogP contribution in [0.5, 0.6) is 5.75 Å². The number of methoxy groups -OCH3 is 1. The highest BCUT2D eigenvalue weighted by Gasteiger charge is 2.08. The molecule has 1 aromatic carbocycles. The maximum atomic E-state index is 9.03. The largest absolute Gasteiger partial charge is 0.497 e. The van der Waals surface area contributed by atoms with Gasteiger partial charge in [-0.3, -0.25) is 0 Å². The quantitative estimate of drug-likeness (QED) is 0.930. The Labute approximate surface area is 127 Å². The summed E-state index contributed by atoms with van der Waals surface area (Å²) in [6, 6.07) is 9.94. The molecule has 2 aromatic rings. The van der Waals surface area contributed by atoms with Gasteiger partial charge in [0, 0.05) is 35.5 Å². The van der Waals surface area contributed by atoms with E-state index in [-0.39, 0.29) is 0 Å². The number of hydrogen-bond donors (Lipinski definition) is 1. The second-order valence-corrected chi connectivity index (χ2v) is 5.46. The number of ether oxygens (including phenoxy) is 1. The van der Waals surface area contributed by atoms with Gasteiger partial charge in [0.1, 0.15) is 17.5 Å². The minimum atomic E-state index is 0.668. The maximum Gasteiger partial charge on any atom is 0.122 e. The second-order valence-electron chi connectivity index (χ2n) is 4.54. The molecule has 0 saturated heterocycles. The monoisotopic (exact) mass is 333 g/mol. The molecule has 0 spiro atoms. The summed E-state index contributed by atoms with van der Waals surface area (Å²) in [6.45, 7) is 2.68. The lowest BCUT2D eigenvalue weighted by Gasteiger charge is -2.09. The Hall–Kier alpha value is -1.93. The van der Waals surface area contributed by atoms with Crippen LogP contribution < -0.4 is 10.1 Å². The van der Waals surface area contributed by atoms with Crippen LogP contribution in [0.1, 0.15) is 17.0 Å². The minimum absolute atomic E-state index is 0.668. The SMILES string of the molecule is COc1cc(Br)cc(NCc2cc(C#N)n(C)c2C)c1. The Morgan fingerprint density at radius 1 is 1.35 bits per heavy atom. The van der Waals surface area contributed by atoms with Crippen LogP contribution in [0.25, 0.3) is 0 Å². The maximum absolute atomic E-state index is 9.03. The predicted octanol–water partition coefficient (Wildman–Crippen LogP) is 3.59. The molecule has 0 saturated carbocycles. The van der Waals surface area contributed by atoms with Gasteiger partial charge in [-0.1, -0.05) is 15.9 Å². The number of aromatic nitrogens is 1. The molecule has 1 aromatic heterocycles. The topological polar surface area (TPSA) is 50.0 Å². The normalized spacial score (nSPS) is 10.2. The van der Waals surface area contributed by atoms with Crippen LogP contribution in [0.2, 0.25) is 0 Å². The Bertz CT molecular complexity index is 670. The van der Waals surface area contributed by atoms with Crippen LogP contribution in [0.15, 0.2) is 28.7 Å². The van der Waals surface area contributed by atoms with Crippen molar-refractivity contribution in [3.63, 3.8) is 0 Å². The van der Waals surface area contributed by atoms with Crippen molar-refractivity contribution in [2.45, 2.75) is 13.5 Å². The molecular formula is C15H16BrN3O. The third-order valence-corrected chi connectivity index (χ3v) is 3.80. The van der Waals surface area contributed by atoms with E-state index in [1.807, 2.05) is 42.8 Å². The highest BCUT2D eigenvalue weighted by atomic mass is 79.9. The van der Waals surface area contributed by atoms with Crippen molar-refractivity contribution in [3.05, 3.63) is 45.7 Å². The first-order chi connectivity index (χ1) is 9.55. The summed E-state index contributed by atoms with van der Waals surface area (Å²) in [5, 5.41) is 12.4.